The van der Waals surface area contributed by atoms with Gasteiger partial charge in [0.25, 0.3) is 0 Å². The molecule has 1 fully saturated rings. The summed E-state index contributed by atoms with van der Waals surface area (Å²) in [6.07, 6.45) is 6.31. The molecule has 0 aromatic heterocycles. The summed E-state index contributed by atoms with van der Waals surface area (Å²) < 4.78 is 10.4. The number of carbonyl (C=O) groups is 1. The molecule has 1 aliphatic carbocycles. The van der Waals surface area contributed by atoms with Crippen LogP contribution in [0.25, 0.3) is 0 Å². The first-order valence-corrected chi connectivity index (χ1v) is 6.07. The molecule has 0 radical (unpaired) electrons. The van der Waals surface area contributed by atoms with E-state index in [9.17, 15) is 4.79 Å². The number of rotatable bonds is 4. The number of ether oxygens (including phenoxy) is 2. The van der Waals surface area contributed by atoms with Crippen LogP contribution in [0.5, 0.6) is 0 Å². The van der Waals surface area contributed by atoms with Gasteiger partial charge in [0.2, 0.25) is 0 Å². The monoisotopic (exact) mass is 226 g/mol. The molecule has 0 N–H and O–H groups in total. The molecule has 92 valence electrons. The third-order valence-electron chi connectivity index (χ3n) is 2.89. The lowest BCUT2D eigenvalue weighted by molar-refractivity contribution is -0.0306. The lowest BCUT2D eigenvalue weighted by Gasteiger charge is -2.33. The average Bonchev–Trinajstić information content (AvgIpc) is 2.28. The van der Waals surface area contributed by atoms with Crippen LogP contribution in [-0.2, 0) is 9.47 Å². The van der Waals surface area contributed by atoms with Crippen molar-refractivity contribution in [1.82, 2.24) is 0 Å². The van der Waals surface area contributed by atoms with E-state index in [2.05, 4.69) is 6.58 Å². The molecule has 0 saturated heterocycles. The molecule has 0 aliphatic heterocycles. The van der Waals surface area contributed by atoms with E-state index in [0.29, 0.717) is 12.5 Å². The smallest absolute Gasteiger partial charge is 0.434 e. The second-order valence-corrected chi connectivity index (χ2v) is 4.89. The Balaban J connectivity index is 2.42. The van der Waals surface area contributed by atoms with Gasteiger partial charge in [0.05, 0.1) is 6.61 Å². The van der Waals surface area contributed by atoms with Crippen LogP contribution in [0.2, 0.25) is 0 Å². The maximum Gasteiger partial charge on any atom is 0.509 e. The third kappa shape index (κ3) is 3.87. The predicted octanol–water partition coefficient (Wildman–Crippen LogP) is 3.68. The van der Waals surface area contributed by atoms with Crippen LogP contribution in [-0.4, -0.2) is 18.4 Å². The summed E-state index contributed by atoms with van der Waals surface area (Å²) >= 11 is 0. The Morgan fingerprint density at radius 2 is 2.00 bits per heavy atom. The standard InChI is InChI=1S/C13H22O3/c1-4-13(8-6-5-7-9-13)16-12(14)15-10-11(2)3/h4,11H,1,5-10H2,2-3H3. The maximum absolute atomic E-state index is 11.5. The number of carbonyl (C=O) groups excluding carboxylic acids is 1. The average molecular weight is 226 g/mol. The van der Waals surface area contributed by atoms with Crippen molar-refractivity contribution in [3.8, 4) is 0 Å². The second-order valence-electron chi connectivity index (χ2n) is 4.89. The van der Waals surface area contributed by atoms with Crippen molar-refractivity contribution in [2.24, 2.45) is 5.92 Å². The van der Waals surface area contributed by atoms with Crippen molar-refractivity contribution in [3.63, 3.8) is 0 Å². The molecule has 0 atom stereocenters. The van der Waals surface area contributed by atoms with E-state index < -0.39 is 11.8 Å². The van der Waals surface area contributed by atoms with E-state index >= 15 is 0 Å². The summed E-state index contributed by atoms with van der Waals surface area (Å²) in [4.78, 5) is 11.5. The summed E-state index contributed by atoms with van der Waals surface area (Å²) in [5.74, 6) is 0.332. The Hall–Kier alpha value is -0.990. The van der Waals surface area contributed by atoms with Crippen LogP contribution in [0.4, 0.5) is 4.79 Å². The molecule has 3 nitrogen and oxygen atoms in total. The Labute approximate surface area is 97.8 Å². The van der Waals surface area contributed by atoms with E-state index in [1.165, 1.54) is 6.42 Å². The Morgan fingerprint density at radius 1 is 1.38 bits per heavy atom. The van der Waals surface area contributed by atoms with Crippen LogP contribution < -0.4 is 0 Å². The van der Waals surface area contributed by atoms with Gasteiger partial charge in [-0.15, -0.1) is 0 Å². The minimum Gasteiger partial charge on any atom is -0.434 e. The molecule has 0 bridgehead atoms. The molecule has 0 amide bonds. The highest BCUT2D eigenvalue weighted by molar-refractivity contribution is 5.61. The van der Waals surface area contributed by atoms with E-state index in [1.54, 1.807) is 6.08 Å². The third-order valence-corrected chi connectivity index (χ3v) is 2.89. The van der Waals surface area contributed by atoms with Gasteiger partial charge in [-0.3, -0.25) is 0 Å². The second kappa shape index (κ2) is 5.92. The summed E-state index contributed by atoms with van der Waals surface area (Å²) in [5.41, 5.74) is -0.480. The normalized spacial score (nSPS) is 19.2. The SMILES string of the molecule is C=CC1(OC(=O)OCC(C)C)CCCCC1. The van der Waals surface area contributed by atoms with Crippen molar-refractivity contribution < 1.29 is 14.3 Å². The molecule has 1 aliphatic rings. The zero-order valence-electron chi connectivity index (χ0n) is 10.3. The highest BCUT2D eigenvalue weighted by Gasteiger charge is 2.33. The van der Waals surface area contributed by atoms with Crippen LogP contribution in [0, 0.1) is 5.92 Å². The molecule has 1 rings (SSSR count). The van der Waals surface area contributed by atoms with Gasteiger partial charge < -0.3 is 9.47 Å². The van der Waals surface area contributed by atoms with Crippen molar-refractivity contribution in [2.75, 3.05) is 6.61 Å². The summed E-state index contributed by atoms with van der Waals surface area (Å²) in [5, 5.41) is 0. The largest absolute Gasteiger partial charge is 0.509 e. The fourth-order valence-electron chi connectivity index (χ4n) is 1.93. The fraction of sp³-hybridized carbons (Fsp3) is 0.769. The van der Waals surface area contributed by atoms with E-state index in [1.807, 2.05) is 13.8 Å². The minimum absolute atomic E-state index is 0.332. The summed E-state index contributed by atoms with van der Waals surface area (Å²) in [6.45, 7) is 8.18. The van der Waals surface area contributed by atoms with E-state index in [-0.39, 0.29) is 0 Å². The first-order valence-electron chi connectivity index (χ1n) is 6.07. The molecule has 0 aromatic rings. The van der Waals surface area contributed by atoms with Crippen molar-refractivity contribution in [1.29, 1.82) is 0 Å². The molecular formula is C13H22O3. The van der Waals surface area contributed by atoms with Gasteiger partial charge in [0.15, 0.2) is 0 Å². The van der Waals surface area contributed by atoms with Crippen molar-refractivity contribution >= 4 is 6.16 Å². The lowest BCUT2D eigenvalue weighted by Crippen LogP contribution is -2.35. The molecule has 0 unspecified atom stereocenters. The van der Waals surface area contributed by atoms with Crippen LogP contribution in [0.15, 0.2) is 12.7 Å². The van der Waals surface area contributed by atoms with E-state index in [0.717, 1.165) is 25.7 Å². The number of hydrogen-bond donors (Lipinski definition) is 0. The predicted molar refractivity (Wildman–Crippen MR) is 63.3 cm³/mol. The zero-order valence-corrected chi connectivity index (χ0v) is 10.3. The van der Waals surface area contributed by atoms with Gasteiger partial charge in [-0.1, -0.05) is 26.8 Å². The van der Waals surface area contributed by atoms with Crippen molar-refractivity contribution in [3.05, 3.63) is 12.7 Å². The van der Waals surface area contributed by atoms with Gasteiger partial charge in [-0.2, -0.15) is 0 Å². The van der Waals surface area contributed by atoms with Gasteiger partial charge in [0.1, 0.15) is 5.60 Å². The molecule has 3 heteroatoms. The molecule has 0 aromatic carbocycles. The topological polar surface area (TPSA) is 35.5 Å². The van der Waals surface area contributed by atoms with E-state index in [4.69, 9.17) is 9.47 Å². The molecule has 1 saturated carbocycles. The lowest BCUT2D eigenvalue weighted by atomic mass is 9.85. The first-order chi connectivity index (χ1) is 7.58. The zero-order chi connectivity index (χ0) is 12.0. The molecule has 0 heterocycles. The molecule has 0 spiro atoms. The van der Waals surface area contributed by atoms with Gasteiger partial charge in [0, 0.05) is 0 Å². The van der Waals surface area contributed by atoms with Crippen molar-refractivity contribution in [2.45, 2.75) is 51.6 Å². The highest BCUT2D eigenvalue weighted by Crippen LogP contribution is 2.32. The maximum atomic E-state index is 11.5. The Bertz CT molecular complexity index is 240. The Kier molecular flexibility index (Phi) is 4.84. The van der Waals surface area contributed by atoms with Crippen LogP contribution >= 0.6 is 0 Å². The summed E-state index contributed by atoms with van der Waals surface area (Å²) in [6, 6.07) is 0. The van der Waals surface area contributed by atoms with Crippen LogP contribution in [0.1, 0.15) is 46.0 Å². The van der Waals surface area contributed by atoms with Crippen LogP contribution in [0.3, 0.4) is 0 Å². The van der Waals surface area contributed by atoms with Gasteiger partial charge in [-0.25, -0.2) is 4.79 Å². The minimum atomic E-state index is -0.560. The first kappa shape index (κ1) is 13.1. The van der Waals surface area contributed by atoms with Gasteiger partial charge >= 0.3 is 6.16 Å². The summed E-state index contributed by atoms with van der Waals surface area (Å²) in [7, 11) is 0. The van der Waals surface area contributed by atoms with Gasteiger partial charge in [-0.05, 0) is 37.7 Å². The Morgan fingerprint density at radius 3 is 2.50 bits per heavy atom. The molecular weight excluding hydrogens is 204 g/mol. The highest BCUT2D eigenvalue weighted by atomic mass is 16.7. The fourth-order valence-corrected chi connectivity index (χ4v) is 1.93. The quantitative estimate of drug-likeness (QED) is 0.542. The molecule has 16 heavy (non-hydrogen) atoms. The number of hydrogen-bond acceptors (Lipinski definition) is 3.